The van der Waals surface area contributed by atoms with Crippen molar-refractivity contribution in [3.63, 3.8) is 0 Å². The smallest absolute Gasteiger partial charge is 0.0672 e. The van der Waals surface area contributed by atoms with E-state index in [9.17, 15) is 0 Å². The molecule has 0 aliphatic carbocycles. The maximum absolute atomic E-state index is 2.44. The first-order valence-electron chi connectivity index (χ1n) is 8.76. The molecule has 0 aliphatic rings. The number of benzene rings is 2. The van der Waals surface area contributed by atoms with Gasteiger partial charge in [-0.25, -0.2) is 0 Å². The summed E-state index contributed by atoms with van der Waals surface area (Å²) in [5.74, 6) is 0. The van der Waals surface area contributed by atoms with E-state index in [0.717, 1.165) is 0 Å². The van der Waals surface area contributed by atoms with Gasteiger partial charge >= 0.3 is 0 Å². The van der Waals surface area contributed by atoms with Crippen molar-refractivity contribution in [3.8, 4) is 0 Å². The maximum Gasteiger partial charge on any atom is 0.117 e. The standard InChI is InChI=1S/C20H30Si3/c1-7-23(8-2,19-13-9-17(10-14-19)21(3)4)20-15-11-18(12-16-20)22(5)6/h9-16H,7-8H2,1-6H3. The second-order valence-electron chi connectivity index (χ2n) is 6.94. The van der Waals surface area contributed by atoms with Crippen molar-refractivity contribution < 1.29 is 0 Å². The minimum absolute atomic E-state index is 0.347. The minimum Gasteiger partial charge on any atom is -0.0672 e. The average molecular weight is 355 g/mol. The van der Waals surface area contributed by atoms with Crippen LogP contribution in [0.25, 0.3) is 0 Å². The Labute approximate surface area is 147 Å². The molecule has 0 amide bonds. The van der Waals surface area contributed by atoms with Crippen LogP contribution in [-0.2, 0) is 0 Å². The zero-order chi connectivity index (χ0) is 17.0. The molecule has 0 N–H and O–H groups in total. The summed E-state index contributed by atoms with van der Waals surface area (Å²) in [6.07, 6.45) is 0. The first kappa shape index (κ1) is 18.4. The topological polar surface area (TPSA) is 0 Å². The third kappa shape index (κ3) is 3.78. The van der Waals surface area contributed by atoms with Gasteiger partial charge in [0.25, 0.3) is 0 Å². The molecule has 2 rings (SSSR count). The van der Waals surface area contributed by atoms with Gasteiger partial charge in [-0.05, 0) is 0 Å². The fourth-order valence-corrected chi connectivity index (χ4v) is 9.22. The molecular formula is C20H30Si3. The van der Waals surface area contributed by atoms with E-state index in [4.69, 9.17) is 0 Å². The molecule has 0 saturated heterocycles. The van der Waals surface area contributed by atoms with Crippen molar-refractivity contribution in [2.45, 2.75) is 52.1 Å². The molecule has 0 unspecified atom stereocenters. The lowest BCUT2D eigenvalue weighted by Gasteiger charge is -2.31. The summed E-state index contributed by atoms with van der Waals surface area (Å²) in [5.41, 5.74) is 0. The highest BCUT2D eigenvalue weighted by Crippen LogP contribution is 2.15. The van der Waals surface area contributed by atoms with Gasteiger partial charge in [0.1, 0.15) is 8.07 Å². The van der Waals surface area contributed by atoms with Crippen LogP contribution >= 0.6 is 0 Å². The van der Waals surface area contributed by atoms with E-state index in [2.05, 4.69) is 88.6 Å². The normalized spacial score (nSPS) is 12.2. The van der Waals surface area contributed by atoms with Crippen LogP contribution in [0.3, 0.4) is 0 Å². The fraction of sp³-hybridized carbons (Fsp3) is 0.400. The van der Waals surface area contributed by atoms with Crippen molar-refractivity contribution in [1.82, 2.24) is 0 Å². The lowest BCUT2D eigenvalue weighted by atomic mass is 10.3. The van der Waals surface area contributed by atoms with Crippen molar-refractivity contribution in [1.29, 1.82) is 0 Å². The van der Waals surface area contributed by atoms with Crippen molar-refractivity contribution >= 4 is 46.4 Å². The molecule has 2 aromatic rings. The summed E-state index contributed by atoms with van der Waals surface area (Å²) in [6, 6.07) is 21.9. The molecule has 0 spiro atoms. The summed E-state index contributed by atoms with van der Waals surface area (Å²) in [7, 11) is -2.28. The first-order chi connectivity index (χ1) is 10.9. The van der Waals surface area contributed by atoms with Crippen LogP contribution in [0.5, 0.6) is 0 Å². The second kappa shape index (κ2) is 7.77. The molecule has 2 aromatic carbocycles. The summed E-state index contributed by atoms with van der Waals surface area (Å²) in [4.78, 5) is 0. The Morgan fingerprint density at radius 3 is 1.13 bits per heavy atom. The number of hydrogen-bond acceptors (Lipinski definition) is 0. The SMILES string of the molecule is CC[Si](CC)(c1ccc([Si](C)C)cc1)c1ccc([Si](C)C)cc1. The predicted molar refractivity (Wildman–Crippen MR) is 113 cm³/mol. The van der Waals surface area contributed by atoms with Gasteiger partial charge in [0.05, 0.1) is 17.6 Å². The Bertz CT molecular complexity index is 555. The number of rotatable bonds is 6. The van der Waals surface area contributed by atoms with E-state index in [1.54, 1.807) is 20.7 Å². The van der Waals surface area contributed by atoms with Gasteiger partial charge in [0, 0.05) is 0 Å². The maximum atomic E-state index is 2.44. The van der Waals surface area contributed by atoms with Gasteiger partial charge in [-0.15, -0.1) is 0 Å². The third-order valence-electron chi connectivity index (χ3n) is 5.24. The molecule has 0 nitrogen and oxygen atoms in total. The van der Waals surface area contributed by atoms with E-state index >= 15 is 0 Å². The number of hydrogen-bond donors (Lipinski definition) is 0. The molecule has 0 fully saturated rings. The summed E-state index contributed by atoms with van der Waals surface area (Å²) >= 11 is 0. The quantitative estimate of drug-likeness (QED) is 0.699. The monoisotopic (exact) mass is 354 g/mol. The highest BCUT2D eigenvalue weighted by Gasteiger charge is 2.33. The lowest BCUT2D eigenvalue weighted by Crippen LogP contribution is -2.57. The van der Waals surface area contributed by atoms with Gasteiger partial charge in [-0.1, -0.05) is 121 Å². The lowest BCUT2D eigenvalue weighted by molar-refractivity contribution is 1.29. The molecule has 23 heavy (non-hydrogen) atoms. The Kier molecular flexibility index (Phi) is 6.23. The van der Waals surface area contributed by atoms with Gasteiger partial charge in [-0.3, -0.25) is 0 Å². The van der Waals surface area contributed by atoms with Crippen LogP contribution in [0.15, 0.2) is 48.5 Å². The van der Waals surface area contributed by atoms with E-state index in [1.165, 1.54) is 12.1 Å². The highest BCUT2D eigenvalue weighted by atomic mass is 28.3. The molecule has 0 bridgehead atoms. The first-order valence-corrected chi connectivity index (χ1v) is 16.2. The molecule has 0 heterocycles. The predicted octanol–water partition coefficient (Wildman–Crippen LogP) is 3.21. The van der Waals surface area contributed by atoms with E-state index < -0.39 is 8.07 Å². The van der Waals surface area contributed by atoms with E-state index in [1.807, 2.05) is 0 Å². The van der Waals surface area contributed by atoms with Crippen molar-refractivity contribution in [2.75, 3.05) is 0 Å². The molecule has 3 heteroatoms. The Balaban J connectivity index is 2.45. The van der Waals surface area contributed by atoms with Crippen molar-refractivity contribution in [2.24, 2.45) is 0 Å². The fourth-order valence-electron chi connectivity index (χ4n) is 3.48. The summed E-state index contributed by atoms with van der Waals surface area (Å²) < 4.78 is 0. The molecule has 2 radical (unpaired) electrons. The van der Waals surface area contributed by atoms with Crippen LogP contribution in [0.4, 0.5) is 0 Å². The van der Waals surface area contributed by atoms with Crippen LogP contribution in [0, 0.1) is 0 Å². The molecule has 122 valence electrons. The summed E-state index contributed by atoms with van der Waals surface area (Å²) in [6.45, 7) is 14.3. The van der Waals surface area contributed by atoms with E-state index in [-0.39, 0.29) is 17.6 Å². The van der Waals surface area contributed by atoms with Crippen LogP contribution in [-0.4, -0.2) is 25.7 Å². The molecular weight excluding hydrogens is 324 g/mol. The molecule has 0 saturated carbocycles. The average Bonchev–Trinajstić information content (AvgIpc) is 2.57. The zero-order valence-corrected chi connectivity index (χ0v) is 18.5. The minimum atomic E-state index is -1.59. The molecule has 0 aliphatic heterocycles. The van der Waals surface area contributed by atoms with Gasteiger partial charge < -0.3 is 0 Å². The Morgan fingerprint density at radius 2 is 0.913 bits per heavy atom. The van der Waals surface area contributed by atoms with Crippen molar-refractivity contribution in [3.05, 3.63) is 48.5 Å². The van der Waals surface area contributed by atoms with Crippen LogP contribution < -0.4 is 20.7 Å². The molecule has 0 atom stereocenters. The zero-order valence-electron chi connectivity index (χ0n) is 15.5. The van der Waals surface area contributed by atoms with Crippen LogP contribution in [0.2, 0.25) is 38.3 Å². The highest BCUT2D eigenvalue weighted by molar-refractivity contribution is 7.02. The molecule has 0 aromatic heterocycles. The van der Waals surface area contributed by atoms with E-state index in [0.29, 0.717) is 0 Å². The van der Waals surface area contributed by atoms with Gasteiger partial charge in [-0.2, -0.15) is 0 Å². The third-order valence-corrected chi connectivity index (χ3v) is 13.5. The van der Waals surface area contributed by atoms with Gasteiger partial charge in [0.2, 0.25) is 0 Å². The summed E-state index contributed by atoms with van der Waals surface area (Å²) in [5, 5.41) is 6.32. The largest absolute Gasteiger partial charge is 0.117 e. The van der Waals surface area contributed by atoms with Crippen LogP contribution in [0.1, 0.15) is 13.8 Å². The Morgan fingerprint density at radius 1 is 0.609 bits per heavy atom. The Hall–Kier alpha value is -0.909. The van der Waals surface area contributed by atoms with Gasteiger partial charge in [0.15, 0.2) is 0 Å². The second-order valence-corrected chi connectivity index (χ2v) is 16.8.